The van der Waals surface area contributed by atoms with E-state index in [1.165, 1.54) is 62.3 Å². The summed E-state index contributed by atoms with van der Waals surface area (Å²) in [5.74, 6) is 1.80. The number of rotatable bonds is 9. The third-order valence-corrected chi connectivity index (χ3v) is 8.20. The molecule has 3 aromatic rings. The van der Waals surface area contributed by atoms with Crippen LogP contribution >= 0.6 is 23.1 Å². The Hall–Kier alpha value is -2.85. The standard InChI is InChI=1S/C25H30N4O4S2/c1-29-20(13-16-7-5-4-6-8-16)27-28-25(29)35-15-21(30)26-23-22(24(31)33-3)19(14-34-23)17-9-11-18(32-2)12-10-17/h9-12,14,16H,4-8,13,15H2,1-3H3,(H,26,30). The predicted octanol–water partition coefficient (Wildman–Crippen LogP) is 5.19. The van der Waals surface area contributed by atoms with Crippen molar-refractivity contribution in [1.82, 2.24) is 14.8 Å². The molecule has 1 saturated carbocycles. The van der Waals surface area contributed by atoms with E-state index in [4.69, 9.17) is 9.47 Å². The van der Waals surface area contributed by atoms with Gasteiger partial charge in [-0.15, -0.1) is 21.5 Å². The molecule has 0 aliphatic heterocycles. The Labute approximate surface area is 213 Å². The summed E-state index contributed by atoms with van der Waals surface area (Å²) in [6, 6.07) is 7.39. The summed E-state index contributed by atoms with van der Waals surface area (Å²) in [6.07, 6.45) is 7.35. The Bertz CT molecular complexity index is 1170. The van der Waals surface area contributed by atoms with Gasteiger partial charge in [-0.1, -0.05) is 56.0 Å². The Morgan fingerprint density at radius 3 is 2.57 bits per heavy atom. The lowest BCUT2D eigenvalue weighted by Gasteiger charge is -2.20. The van der Waals surface area contributed by atoms with Gasteiger partial charge < -0.3 is 19.4 Å². The average molecular weight is 515 g/mol. The molecule has 8 nitrogen and oxygen atoms in total. The van der Waals surface area contributed by atoms with Crippen LogP contribution in [0, 0.1) is 5.92 Å². The molecule has 35 heavy (non-hydrogen) atoms. The summed E-state index contributed by atoms with van der Waals surface area (Å²) in [5, 5.41) is 14.5. The number of nitrogens with zero attached hydrogens (tertiary/aromatic N) is 3. The number of carbonyl (C=O) groups excluding carboxylic acids is 2. The van der Waals surface area contributed by atoms with Gasteiger partial charge in [0.05, 0.1) is 20.0 Å². The molecule has 186 valence electrons. The van der Waals surface area contributed by atoms with Gasteiger partial charge in [-0.25, -0.2) is 4.79 Å². The van der Waals surface area contributed by atoms with Crippen molar-refractivity contribution in [2.45, 2.75) is 43.7 Å². The molecule has 0 saturated heterocycles. The molecule has 0 radical (unpaired) electrons. The molecule has 1 aliphatic carbocycles. The van der Waals surface area contributed by atoms with Gasteiger partial charge in [0.15, 0.2) is 5.16 Å². The Balaban J connectivity index is 1.41. The molecule has 1 aliphatic rings. The Morgan fingerprint density at radius 2 is 1.89 bits per heavy atom. The number of amides is 1. The molecule has 4 rings (SSSR count). The molecule has 2 heterocycles. The molecule has 1 N–H and O–H groups in total. The van der Waals surface area contributed by atoms with Crippen LogP contribution in [0.25, 0.3) is 11.1 Å². The van der Waals surface area contributed by atoms with Crippen molar-refractivity contribution in [2.24, 2.45) is 13.0 Å². The highest BCUT2D eigenvalue weighted by Gasteiger charge is 2.23. The molecule has 0 spiro atoms. The fourth-order valence-corrected chi connectivity index (χ4v) is 6.03. The molecule has 0 unspecified atom stereocenters. The largest absolute Gasteiger partial charge is 0.497 e. The number of hydrogen-bond donors (Lipinski definition) is 1. The third kappa shape index (κ3) is 6.05. The zero-order valence-corrected chi connectivity index (χ0v) is 21.8. The molecular weight excluding hydrogens is 484 g/mol. The van der Waals surface area contributed by atoms with Crippen LogP contribution in [0.4, 0.5) is 5.00 Å². The van der Waals surface area contributed by atoms with E-state index in [1.807, 2.05) is 41.3 Å². The number of benzene rings is 1. The minimum Gasteiger partial charge on any atom is -0.497 e. The highest BCUT2D eigenvalue weighted by molar-refractivity contribution is 7.99. The van der Waals surface area contributed by atoms with E-state index in [9.17, 15) is 9.59 Å². The SMILES string of the molecule is COC(=O)c1c(-c2ccc(OC)cc2)csc1NC(=O)CSc1nnc(CC2CCCCC2)n1C. The van der Waals surface area contributed by atoms with Gasteiger partial charge >= 0.3 is 5.97 Å². The number of thiophene rings is 1. The van der Waals surface area contributed by atoms with Crippen molar-refractivity contribution >= 4 is 40.0 Å². The number of carbonyl (C=O) groups is 2. The summed E-state index contributed by atoms with van der Waals surface area (Å²) in [6.45, 7) is 0. The van der Waals surface area contributed by atoms with E-state index in [-0.39, 0.29) is 11.7 Å². The molecular formula is C25H30N4O4S2. The second kappa shape index (κ2) is 11.7. The van der Waals surface area contributed by atoms with E-state index in [0.717, 1.165) is 23.6 Å². The maximum Gasteiger partial charge on any atom is 0.341 e. The van der Waals surface area contributed by atoms with Gasteiger partial charge in [0.25, 0.3) is 0 Å². The number of hydrogen-bond acceptors (Lipinski definition) is 8. The van der Waals surface area contributed by atoms with Gasteiger partial charge in [-0.2, -0.15) is 0 Å². The Kier molecular flexibility index (Phi) is 8.46. The van der Waals surface area contributed by atoms with Gasteiger partial charge in [-0.3, -0.25) is 4.79 Å². The van der Waals surface area contributed by atoms with Gasteiger partial charge in [0.2, 0.25) is 5.91 Å². The maximum absolute atomic E-state index is 12.8. The summed E-state index contributed by atoms with van der Waals surface area (Å²) in [5.41, 5.74) is 1.88. The van der Waals surface area contributed by atoms with Crippen LogP contribution in [0.1, 0.15) is 48.3 Å². The van der Waals surface area contributed by atoms with Gasteiger partial charge in [0, 0.05) is 24.4 Å². The smallest absolute Gasteiger partial charge is 0.341 e. The normalized spacial score (nSPS) is 14.0. The molecule has 1 fully saturated rings. The molecule has 10 heteroatoms. The predicted molar refractivity (Wildman–Crippen MR) is 138 cm³/mol. The second-order valence-electron chi connectivity index (χ2n) is 8.58. The van der Waals surface area contributed by atoms with Crippen LogP contribution in [-0.4, -0.2) is 46.6 Å². The number of esters is 1. The highest BCUT2D eigenvalue weighted by atomic mass is 32.2. The van der Waals surface area contributed by atoms with Crippen LogP contribution < -0.4 is 10.1 Å². The van der Waals surface area contributed by atoms with Crippen LogP contribution in [-0.2, 0) is 23.0 Å². The lowest BCUT2D eigenvalue weighted by atomic mass is 9.87. The van der Waals surface area contributed by atoms with Gasteiger partial charge in [-0.05, 0) is 23.6 Å². The third-order valence-electron chi connectivity index (χ3n) is 6.29. The van der Waals surface area contributed by atoms with E-state index in [1.54, 1.807) is 7.11 Å². The van der Waals surface area contributed by atoms with Crippen molar-refractivity contribution in [3.05, 3.63) is 41.0 Å². The average Bonchev–Trinajstić information content (AvgIpc) is 3.46. The van der Waals surface area contributed by atoms with Crippen molar-refractivity contribution in [1.29, 1.82) is 0 Å². The zero-order chi connectivity index (χ0) is 24.8. The molecule has 0 bridgehead atoms. The van der Waals surface area contributed by atoms with E-state index < -0.39 is 5.97 Å². The maximum atomic E-state index is 12.8. The molecule has 2 aromatic heterocycles. The van der Waals surface area contributed by atoms with E-state index >= 15 is 0 Å². The van der Waals surface area contributed by atoms with Crippen molar-refractivity contribution in [3.63, 3.8) is 0 Å². The van der Waals surface area contributed by atoms with Crippen molar-refractivity contribution in [3.8, 4) is 16.9 Å². The van der Waals surface area contributed by atoms with Crippen molar-refractivity contribution in [2.75, 3.05) is 25.3 Å². The monoisotopic (exact) mass is 514 g/mol. The minimum atomic E-state index is -0.499. The lowest BCUT2D eigenvalue weighted by Crippen LogP contribution is -2.16. The summed E-state index contributed by atoms with van der Waals surface area (Å²) in [4.78, 5) is 25.3. The molecule has 1 amide bonds. The lowest BCUT2D eigenvalue weighted by molar-refractivity contribution is -0.113. The number of methoxy groups -OCH3 is 2. The van der Waals surface area contributed by atoms with E-state index in [2.05, 4.69) is 15.5 Å². The number of thioether (sulfide) groups is 1. The van der Waals surface area contributed by atoms with E-state index in [0.29, 0.717) is 27.2 Å². The Morgan fingerprint density at radius 1 is 1.14 bits per heavy atom. The minimum absolute atomic E-state index is 0.159. The first-order valence-electron chi connectivity index (χ1n) is 11.6. The topological polar surface area (TPSA) is 95.3 Å². The van der Waals surface area contributed by atoms with Crippen LogP contribution in [0.15, 0.2) is 34.8 Å². The van der Waals surface area contributed by atoms with Crippen molar-refractivity contribution < 1.29 is 19.1 Å². The number of nitrogens with one attached hydrogen (secondary N) is 1. The first kappa shape index (κ1) is 25.2. The summed E-state index contributed by atoms with van der Waals surface area (Å²) in [7, 11) is 4.89. The fraction of sp³-hybridized carbons (Fsp3) is 0.440. The van der Waals surface area contributed by atoms with Crippen LogP contribution in [0.5, 0.6) is 5.75 Å². The number of aromatic nitrogens is 3. The first-order chi connectivity index (χ1) is 17.0. The second-order valence-corrected chi connectivity index (χ2v) is 10.4. The number of anilines is 1. The quantitative estimate of drug-likeness (QED) is 0.310. The fourth-order valence-electron chi connectivity index (χ4n) is 4.33. The molecule has 0 atom stereocenters. The van der Waals surface area contributed by atoms with Crippen LogP contribution in [0.3, 0.4) is 0 Å². The summed E-state index contributed by atoms with van der Waals surface area (Å²) < 4.78 is 12.2. The first-order valence-corrected chi connectivity index (χ1v) is 13.5. The summed E-state index contributed by atoms with van der Waals surface area (Å²) >= 11 is 2.63. The zero-order valence-electron chi connectivity index (χ0n) is 20.2. The van der Waals surface area contributed by atoms with Gasteiger partial charge in [0.1, 0.15) is 22.1 Å². The highest BCUT2D eigenvalue weighted by Crippen LogP contribution is 2.37. The van der Waals surface area contributed by atoms with Crippen LogP contribution in [0.2, 0.25) is 0 Å². The number of ether oxygens (including phenoxy) is 2. The molecule has 1 aromatic carbocycles.